The van der Waals surface area contributed by atoms with Crippen molar-refractivity contribution in [2.75, 3.05) is 5.32 Å². The molecule has 118 valence electrons. The zero-order chi connectivity index (χ0) is 16.7. The highest BCUT2D eigenvalue weighted by molar-refractivity contribution is 6.36. The van der Waals surface area contributed by atoms with Gasteiger partial charge in [0.15, 0.2) is 0 Å². The number of nitrogens with zero attached hydrogens (tertiary/aromatic N) is 1. The van der Waals surface area contributed by atoms with Crippen molar-refractivity contribution in [2.24, 2.45) is 7.05 Å². The van der Waals surface area contributed by atoms with Crippen LogP contribution >= 0.6 is 23.2 Å². The Bertz CT molecular complexity index is 928. The molecule has 1 aromatic heterocycles. The molecule has 0 unspecified atom stereocenters. The van der Waals surface area contributed by atoms with E-state index in [1.807, 2.05) is 49.9 Å². The van der Waals surface area contributed by atoms with Gasteiger partial charge in [-0.05, 0) is 43.7 Å². The summed E-state index contributed by atoms with van der Waals surface area (Å²) in [4.78, 5) is 12.7. The lowest BCUT2D eigenvalue weighted by molar-refractivity contribution is 0.102. The Balaban J connectivity index is 2.02. The molecule has 0 radical (unpaired) electrons. The number of fused-ring (bicyclic) bond motifs is 1. The fourth-order valence-electron chi connectivity index (χ4n) is 2.62. The molecule has 0 saturated carbocycles. The fraction of sp³-hybridized carbons (Fsp3) is 0.167. The molecule has 0 saturated heterocycles. The Morgan fingerprint density at radius 2 is 1.83 bits per heavy atom. The number of rotatable bonds is 2. The second-order valence-electron chi connectivity index (χ2n) is 5.71. The lowest BCUT2D eigenvalue weighted by atomic mass is 10.1. The highest BCUT2D eigenvalue weighted by atomic mass is 35.5. The summed E-state index contributed by atoms with van der Waals surface area (Å²) in [6, 6.07) is 9.46. The molecule has 0 spiro atoms. The van der Waals surface area contributed by atoms with Crippen LogP contribution in [0.2, 0.25) is 10.0 Å². The first-order valence-corrected chi connectivity index (χ1v) is 7.95. The monoisotopic (exact) mass is 346 g/mol. The van der Waals surface area contributed by atoms with Gasteiger partial charge in [0.2, 0.25) is 0 Å². The molecular weight excluding hydrogens is 331 g/mol. The van der Waals surface area contributed by atoms with Crippen LogP contribution in [-0.4, -0.2) is 10.5 Å². The minimum Gasteiger partial charge on any atom is -0.350 e. The van der Waals surface area contributed by atoms with Crippen molar-refractivity contribution in [1.82, 2.24) is 4.57 Å². The highest BCUT2D eigenvalue weighted by Gasteiger charge is 2.16. The summed E-state index contributed by atoms with van der Waals surface area (Å²) in [6.45, 7) is 3.87. The Hall–Kier alpha value is -1.97. The second kappa shape index (κ2) is 5.91. The predicted molar refractivity (Wildman–Crippen MR) is 96.8 cm³/mol. The van der Waals surface area contributed by atoms with E-state index >= 15 is 0 Å². The van der Waals surface area contributed by atoms with E-state index in [1.165, 1.54) is 0 Å². The van der Waals surface area contributed by atoms with E-state index in [0.29, 0.717) is 21.3 Å². The normalized spacial score (nSPS) is 11.0. The van der Waals surface area contributed by atoms with E-state index in [-0.39, 0.29) is 5.91 Å². The molecule has 1 N–H and O–H groups in total. The summed E-state index contributed by atoms with van der Waals surface area (Å²) in [5, 5.41) is 4.80. The van der Waals surface area contributed by atoms with Crippen molar-refractivity contribution in [3.05, 3.63) is 63.3 Å². The first kappa shape index (κ1) is 15.9. The van der Waals surface area contributed by atoms with Crippen LogP contribution < -0.4 is 5.32 Å². The van der Waals surface area contributed by atoms with E-state index in [2.05, 4.69) is 5.32 Å². The van der Waals surface area contributed by atoms with E-state index in [0.717, 1.165) is 22.0 Å². The smallest absolute Gasteiger partial charge is 0.257 e. The molecule has 1 amide bonds. The number of hydrogen-bond donors (Lipinski definition) is 1. The van der Waals surface area contributed by atoms with Crippen molar-refractivity contribution >= 4 is 45.7 Å². The zero-order valence-corrected chi connectivity index (χ0v) is 14.6. The molecule has 0 aliphatic carbocycles. The van der Waals surface area contributed by atoms with Gasteiger partial charge < -0.3 is 9.88 Å². The molecule has 2 aromatic carbocycles. The van der Waals surface area contributed by atoms with Crippen LogP contribution in [0, 0.1) is 13.8 Å². The van der Waals surface area contributed by atoms with Crippen molar-refractivity contribution in [2.45, 2.75) is 13.8 Å². The lowest BCUT2D eigenvalue weighted by Crippen LogP contribution is -2.12. The summed E-state index contributed by atoms with van der Waals surface area (Å²) in [5.41, 5.74) is 4.11. The molecule has 0 aliphatic heterocycles. The number of nitrogens with one attached hydrogen (secondary N) is 1. The Morgan fingerprint density at radius 3 is 2.57 bits per heavy atom. The number of carbonyl (C=O) groups is 1. The van der Waals surface area contributed by atoms with E-state index in [1.54, 1.807) is 12.1 Å². The van der Waals surface area contributed by atoms with Crippen LogP contribution in [0.25, 0.3) is 10.9 Å². The van der Waals surface area contributed by atoms with Crippen molar-refractivity contribution in [3.8, 4) is 0 Å². The average Bonchev–Trinajstić information content (AvgIpc) is 2.81. The quantitative estimate of drug-likeness (QED) is 0.666. The number of anilines is 1. The largest absolute Gasteiger partial charge is 0.350 e. The summed E-state index contributed by atoms with van der Waals surface area (Å²) >= 11 is 12.3. The number of benzene rings is 2. The molecule has 0 aliphatic rings. The van der Waals surface area contributed by atoms with Crippen molar-refractivity contribution in [1.29, 1.82) is 0 Å². The van der Waals surface area contributed by atoms with E-state index in [9.17, 15) is 4.79 Å². The van der Waals surface area contributed by atoms with E-state index in [4.69, 9.17) is 23.2 Å². The Labute approximate surface area is 144 Å². The number of amides is 1. The number of aryl methyl sites for hydroxylation is 3. The number of halogens is 2. The van der Waals surface area contributed by atoms with Crippen LogP contribution in [0.4, 0.5) is 5.69 Å². The Kier molecular flexibility index (Phi) is 4.09. The topological polar surface area (TPSA) is 34.0 Å². The van der Waals surface area contributed by atoms with Gasteiger partial charge in [-0.25, -0.2) is 0 Å². The first-order chi connectivity index (χ1) is 10.9. The van der Waals surface area contributed by atoms with Gasteiger partial charge in [-0.1, -0.05) is 34.8 Å². The third-order valence-electron chi connectivity index (χ3n) is 3.89. The van der Waals surface area contributed by atoms with Gasteiger partial charge in [0, 0.05) is 29.2 Å². The third-order valence-corrected chi connectivity index (χ3v) is 4.61. The summed E-state index contributed by atoms with van der Waals surface area (Å²) in [6.07, 6.45) is 1.82. The summed E-state index contributed by atoms with van der Waals surface area (Å²) in [5.74, 6) is -0.206. The number of carbonyl (C=O) groups excluding carboxylic acids is 1. The van der Waals surface area contributed by atoms with Gasteiger partial charge in [0.05, 0.1) is 16.3 Å². The zero-order valence-electron chi connectivity index (χ0n) is 13.1. The van der Waals surface area contributed by atoms with Crippen LogP contribution in [0.5, 0.6) is 0 Å². The van der Waals surface area contributed by atoms with Crippen LogP contribution in [0.3, 0.4) is 0 Å². The lowest BCUT2D eigenvalue weighted by Gasteiger charge is -2.09. The SMILES string of the molecule is Cc1ccc2c(c1)c(C(=O)Nc1cc(Cl)c(C)cc1Cl)cn2C. The van der Waals surface area contributed by atoms with E-state index < -0.39 is 0 Å². The van der Waals surface area contributed by atoms with Gasteiger partial charge in [0.25, 0.3) is 5.91 Å². The Morgan fingerprint density at radius 1 is 1.09 bits per heavy atom. The molecule has 3 nitrogen and oxygen atoms in total. The maximum Gasteiger partial charge on any atom is 0.257 e. The number of hydrogen-bond acceptors (Lipinski definition) is 1. The van der Waals surface area contributed by atoms with Gasteiger partial charge in [-0.15, -0.1) is 0 Å². The maximum atomic E-state index is 12.7. The standard InChI is InChI=1S/C18H16Cl2N2O/c1-10-4-5-17-12(6-10)13(9-22(17)3)18(23)21-16-8-14(19)11(2)7-15(16)20/h4-9H,1-3H3,(H,21,23). The summed E-state index contributed by atoms with van der Waals surface area (Å²) < 4.78 is 1.94. The first-order valence-electron chi connectivity index (χ1n) is 7.19. The minimum atomic E-state index is -0.206. The average molecular weight is 347 g/mol. The predicted octanol–water partition coefficient (Wildman–Crippen LogP) is 5.35. The van der Waals surface area contributed by atoms with Gasteiger partial charge in [-0.3, -0.25) is 4.79 Å². The molecule has 3 rings (SSSR count). The molecular formula is C18H16Cl2N2O. The van der Waals surface area contributed by atoms with Crippen LogP contribution in [0.15, 0.2) is 36.5 Å². The van der Waals surface area contributed by atoms with Crippen molar-refractivity contribution in [3.63, 3.8) is 0 Å². The molecule has 1 heterocycles. The molecule has 0 bridgehead atoms. The maximum absolute atomic E-state index is 12.7. The fourth-order valence-corrected chi connectivity index (χ4v) is 3.05. The van der Waals surface area contributed by atoms with Gasteiger partial charge >= 0.3 is 0 Å². The van der Waals surface area contributed by atoms with Gasteiger partial charge in [0.1, 0.15) is 0 Å². The summed E-state index contributed by atoms with van der Waals surface area (Å²) in [7, 11) is 1.92. The van der Waals surface area contributed by atoms with Crippen LogP contribution in [-0.2, 0) is 7.05 Å². The molecule has 23 heavy (non-hydrogen) atoms. The minimum absolute atomic E-state index is 0.206. The molecule has 3 aromatic rings. The number of aromatic nitrogens is 1. The molecule has 0 fully saturated rings. The molecule has 5 heteroatoms. The molecule has 0 atom stereocenters. The van der Waals surface area contributed by atoms with Crippen molar-refractivity contribution < 1.29 is 4.79 Å². The highest BCUT2D eigenvalue weighted by Crippen LogP contribution is 2.30. The van der Waals surface area contributed by atoms with Gasteiger partial charge in [-0.2, -0.15) is 0 Å². The third kappa shape index (κ3) is 2.94. The van der Waals surface area contributed by atoms with Crippen LogP contribution in [0.1, 0.15) is 21.5 Å². The second-order valence-corrected chi connectivity index (χ2v) is 6.52.